The van der Waals surface area contributed by atoms with Crippen molar-refractivity contribution in [3.63, 3.8) is 0 Å². The lowest BCUT2D eigenvalue weighted by Gasteiger charge is -2.20. The minimum atomic E-state index is 0.0826. The third kappa shape index (κ3) is 3.95. The highest BCUT2D eigenvalue weighted by atomic mass is 79.9. The van der Waals surface area contributed by atoms with Gasteiger partial charge in [0.25, 0.3) is 0 Å². The van der Waals surface area contributed by atoms with Gasteiger partial charge >= 0.3 is 0 Å². The van der Waals surface area contributed by atoms with Crippen molar-refractivity contribution in [2.24, 2.45) is 7.05 Å². The molecule has 6 heteroatoms. The first kappa shape index (κ1) is 16.2. The van der Waals surface area contributed by atoms with E-state index < -0.39 is 0 Å². The van der Waals surface area contributed by atoms with Crippen molar-refractivity contribution in [3.05, 3.63) is 34.1 Å². The van der Waals surface area contributed by atoms with Crippen LogP contribution in [0.2, 0.25) is 0 Å². The molecular weight excluding hydrogens is 330 g/mol. The van der Waals surface area contributed by atoms with Crippen molar-refractivity contribution in [2.45, 2.75) is 52.7 Å². The molecule has 0 fully saturated rings. The minimum absolute atomic E-state index is 0.0826. The molecule has 0 spiro atoms. The van der Waals surface area contributed by atoms with Crippen molar-refractivity contribution in [1.29, 1.82) is 0 Å². The standard InChI is InChI=1S/C15H24BrN5/c1-6-11-14(16)12(20(5)19-11)10-21-8-7-17-13(21)9-18-15(2,3)4/h7-8,18H,6,9-10H2,1-5H3. The Labute approximate surface area is 134 Å². The number of nitrogens with one attached hydrogen (secondary N) is 1. The number of rotatable bonds is 5. The summed E-state index contributed by atoms with van der Waals surface area (Å²) < 4.78 is 5.22. The molecule has 5 nitrogen and oxygen atoms in total. The van der Waals surface area contributed by atoms with Gasteiger partial charge in [-0.25, -0.2) is 4.98 Å². The molecule has 0 aromatic carbocycles. The highest BCUT2D eigenvalue weighted by molar-refractivity contribution is 9.10. The highest BCUT2D eigenvalue weighted by Gasteiger charge is 2.15. The van der Waals surface area contributed by atoms with E-state index in [-0.39, 0.29) is 5.54 Å². The number of halogens is 1. The normalized spacial score (nSPS) is 12.1. The number of aromatic nitrogens is 4. The summed E-state index contributed by atoms with van der Waals surface area (Å²) in [5.41, 5.74) is 2.35. The van der Waals surface area contributed by atoms with Gasteiger partial charge in [-0.1, -0.05) is 6.92 Å². The number of aryl methyl sites for hydroxylation is 2. The van der Waals surface area contributed by atoms with Crippen LogP contribution in [0.1, 0.15) is 44.9 Å². The Morgan fingerprint density at radius 2 is 2.05 bits per heavy atom. The van der Waals surface area contributed by atoms with Gasteiger partial charge in [0.2, 0.25) is 0 Å². The second kappa shape index (κ2) is 6.32. The molecule has 0 bridgehead atoms. The number of hydrogen-bond donors (Lipinski definition) is 1. The average molecular weight is 354 g/mol. The lowest BCUT2D eigenvalue weighted by molar-refractivity contribution is 0.412. The van der Waals surface area contributed by atoms with E-state index >= 15 is 0 Å². The first-order valence-corrected chi connectivity index (χ1v) is 8.06. The Morgan fingerprint density at radius 1 is 1.33 bits per heavy atom. The molecule has 0 amide bonds. The monoisotopic (exact) mass is 353 g/mol. The maximum absolute atomic E-state index is 4.54. The van der Waals surface area contributed by atoms with Gasteiger partial charge in [-0.3, -0.25) is 4.68 Å². The SMILES string of the molecule is CCc1nn(C)c(Cn2ccnc2CNC(C)(C)C)c1Br. The zero-order chi connectivity index (χ0) is 15.6. The summed E-state index contributed by atoms with van der Waals surface area (Å²) in [7, 11) is 1.99. The summed E-state index contributed by atoms with van der Waals surface area (Å²) in [5, 5.41) is 8.02. The van der Waals surface area contributed by atoms with Crippen LogP contribution in [-0.2, 0) is 26.6 Å². The molecule has 0 unspecified atom stereocenters. The zero-order valence-corrected chi connectivity index (χ0v) is 15.0. The van der Waals surface area contributed by atoms with E-state index in [1.807, 2.05) is 24.1 Å². The molecule has 2 heterocycles. The van der Waals surface area contributed by atoms with Gasteiger partial charge in [-0.2, -0.15) is 5.10 Å². The maximum Gasteiger partial charge on any atom is 0.123 e. The average Bonchev–Trinajstić information content (AvgIpc) is 2.95. The molecule has 0 aliphatic carbocycles. The Kier molecular flexibility index (Phi) is 4.88. The van der Waals surface area contributed by atoms with Crippen molar-refractivity contribution >= 4 is 15.9 Å². The molecule has 2 rings (SSSR count). The van der Waals surface area contributed by atoms with Gasteiger partial charge in [-0.15, -0.1) is 0 Å². The van der Waals surface area contributed by atoms with Gasteiger partial charge in [0.05, 0.1) is 29.0 Å². The smallest absolute Gasteiger partial charge is 0.123 e. The molecular formula is C15H24BrN5. The number of imidazole rings is 1. The number of hydrogen-bond acceptors (Lipinski definition) is 3. The minimum Gasteiger partial charge on any atom is -0.328 e. The second-order valence-electron chi connectivity index (χ2n) is 6.26. The van der Waals surface area contributed by atoms with Crippen LogP contribution in [0.25, 0.3) is 0 Å². The molecule has 0 saturated carbocycles. The van der Waals surface area contributed by atoms with Gasteiger partial charge in [-0.05, 0) is 43.1 Å². The van der Waals surface area contributed by atoms with Gasteiger partial charge in [0.15, 0.2) is 0 Å². The molecule has 1 N–H and O–H groups in total. The van der Waals surface area contributed by atoms with Crippen molar-refractivity contribution in [1.82, 2.24) is 24.6 Å². The lowest BCUT2D eigenvalue weighted by atomic mass is 10.1. The molecule has 116 valence electrons. The van der Waals surface area contributed by atoms with E-state index in [9.17, 15) is 0 Å². The molecule has 0 atom stereocenters. The third-order valence-electron chi connectivity index (χ3n) is 3.40. The van der Waals surface area contributed by atoms with Crippen LogP contribution in [0, 0.1) is 0 Å². The molecule has 21 heavy (non-hydrogen) atoms. The van der Waals surface area contributed by atoms with Crippen molar-refractivity contribution in [2.75, 3.05) is 0 Å². The third-order valence-corrected chi connectivity index (χ3v) is 4.32. The summed E-state index contributed by atoms with van der Waals surface area (Å²) in [4.78, 5) is 4.46. The lowest BCUT2D eigenvalue weighted by Crippen LogP contribution is -2.36. The van der Waals surface area contributed by atoms with Crippen molar-refractivity contribution < 1.29 is 0 Å². The Bertz CT molecular complexity index is 606. The fraction of sp³-hybridized carbons (Fsp3) is 0.600. The van der Waals surface area contributed by atoms with Gasteiger partial charge in [0.1, 0.15) is 5.82 Å². The summed E-state index contributed by atoms with van der Waals surface area (Å²) >= 11 is 3.67. The molecule has 2 aromatic rings. The highest BCUT2D eigenvalue weighted by Crippen LogP contribution is 2.22. The van der Waals surface area contributed by atoms with Gasteiger partial charge < -0.3 is 9.88 Å². The van der Waals surface area contributed by atoms with Crippen molar-refractivity contribution in [3.8, 4) is 0 Å². The van der Waals surface area contributed by atoms with Crippen LogP contribution < -0.4 is 5.32 Å². The molecule has 0 aliphatic heterocycles. The molecule has 2 aromatic heterocycles. The predicted molar refractivity (Wildman–Crippen MR) is 88.2 cm³/mol. The molecule has 0 saturated heterocycles. The number of nitrogens with zero attached hydrogens (tertiary/aromatic N) is 4. The first-order chi connectivity index (χ1) is 9.81. The van der Waals surface area contributed by atoms with Crippen LogP contribution >= 0.6 is 15.9 Å². The summed E-state index contributed by atoms with van der Waals surface area (Å²) in [6.07, 6.45) is 4.80. The predicted octanol–water partition coefficient (Wildman–Crippen LogP) is 2.88. The quantitative estimate of drug-likeness (QED) is 0.898. The fourth-order valence-electron chi connectivity index (χ4n) is 2.15. The first-order valence-electron chi connectivity index (χ1n) is 7.27. The van der Waals surface area contributed by atoms with Crippen LogP contribution in [0.3, 0.4) is 0 Å². The zero-order valence-electron chi connectivity index (χ0n) is 13.4. The van der Waals surface area contributed by atoms with Crippen LogP contribution in [0.5, 0.6) is 0 Å². The summed E-state index contributed by atoms with van der Waals surface area (Å²) in [6, 6.07) is 0. The van der Waals surface area contributed by atoms with E-state index in [4.69, 9.17) is 0 Å². The van der Waals surface area contributed by atoms with E-state index in [0.29, 0.717) is 0 Å². The van der Waals surface area contributed by atoms with E-state index in [1.54, 1.807) is 0 Å². The molecule has 0 aliphatic rings. The van der Waals surface area contributed by atoms with Crippen LogP contribution in [0.15, 0.2) is 16.9 Å². The summed E-state index contributed by atoms with van der Waals surface area (Å²) in [6.45, 7) is 10.1. The molecule has 0 radical (unpaired) electrons. The van der Waals surface area contributed by atoms with E-state index in [0.717, 1.165) is 35.5 Å². The van der Waals surface area contributed by atoms with E-state index in [2.05, 4.69) is 63.6 Å². The summed E-state index contributed by atoms with van der Waals surface area (Å²) in [5.74, 6) is 1.04. The Morgan fingerprint density at radius 3 is 2.62 bits per heavy atom. The Hall–Kier alpha value is -1.14. The van der Waals surface area contributed by atoms with Gasteiger partial charge in [0, 0.05) is 25.0 Å². The Balaban J connectivity index is 2.18. The van der Waals surface area contributed by atoms with Crippen LogP contribution in [-0.4, -0.2) is 24.9 Å². The topological polar surface area (TPSA) is 47.7 Å². The maximum atomic E-state index is 4.54. The second-order valence-corrected chi connectivity index (χ2v) is 7.05. The van der Waals surface area contributed by atoms with Crippen LogP contribution in [0.4, 0.5) is 0 Å². The fourth-order valence-corrected chi connectivity index (χ4v) is 2.89. The largest absolute Gasteiger partial charge is 0.328 e. The van der Waals surface area contributed by atoms with E-state index in [1.165, 1.54) is 5.69 Å².